The van der Waals surface area contributed by atoms with Gasteiger partial charge in [0.05, 0.1) is 0 Å². The molecular weight excluding hydrogens is 215 g/mol. The third-order valence-corrected chi connectivity index (χ3v) is 2.59. The molecule has 1 rings (SSSR count). The van der Waals surface area contributed by atoms with Gasteiger partial charge in [0.25, 0.3) is 0 Å². The van der Waals surface area contributed by atoms with E-state index in [-0.39, 0.29) is 21.9 Å². The molecule has 74 valence electrons. The summed E-state index contributed by atoms with van der Waals surface area (Å²) in [6.07, 6.45) is 0.00801. The molecule has 1 aliphatic carbocycles. The fraction of sp³-hybridized carbons (Fsp3) is 0.625. The Morgan fingerprint density at radius 1 is 1.54 bits per heavy atom. The third-order valence-electron chi connectivity index (χ3n) is 2.34. The van der Waals surface area contributed by atoms with Gasteiger partial charge in [-0.15, -0.1) is 0 Å². The molecule has 1 N–H and O–H groups in total. The summed E-state index contributed by atoms with van der Waals surface area (Å²) in [6, 6.07) is 0. The summed E-state index contributed by atoms with van der Waals surface area (Å²) in [4.78, 5) is 10.3. The average Bonchev–Trinajstić information content (AvgIpc) is 2.36. The molecule has 0 aromatic heterocycles. The average molecular weight is 225 g/mol. The van der Waals surface area contributed by atoms with Gasteiger partial charge in [0.2, 0.25) is 0 Å². The molecule has 5 heteroatoms. The van der Waals surface area contributed by atoms with Gasteiger partial charge in [-0.2, -0.15) is 0 Å². The van der Waals surface area contributed by atoms with Crippen molar-refractivity contribution in [3.63, 3.8) is 0 Å². The van der Waals surface area contributed by atoms with Crippen LogP contribution in [0.2, 0.25) is 0 Å². The lowest BCUT2D eigenvalue weighted by atomic mass is 10.1. The van der Waals surface area contributed by atoms with Crippen LogP contribution in [-0.4, -0.2) is 17.4 Å². The molecule has 1 fully saturated rings. The summed E-state index contributed by atoms with van der Waals surface area (Å²) in [7, 11) is 0. The molecule has 0 aromatic rings. The molecule has 1 aliphatic rings. The highest BCUT2D eigenvalue weighted by Crippen LogP contribution is 2.55. The maximum absolute atomic E-state index is 10.3. The van der Waals surface area contributed by atoms with Crippen LogP contribution in [0.4, 0.5) is 4.79 Å². The Labute approximate surface area is 86.3 Å². The molecule has 0 amide bonds. The molecule has 0 saturated heterocycles. The Morgan fingerprint density at radius 3 is 2.46 bits per heavy atom. The summed E-state index contributed by atoms with van der Waals surface area (Å²) >= 11 is 10.9. The van der Waals surface area contributed by atoms with Gasteiger partial charge in [0.15, 0.2) is 0 Å². The number of hydrogen-bond donors (Lipinski definition) is 1. The predicted molar refractivity (Wildman–Crippen MR) is 50.0 cm³/mol. The fourth-order valence-corrected chi connectivity index (χ4v) is 1.67. The first kappa shape index (κ1) is 10.7. The van der Waals surface area contributed by atoms with Crippen LogP contribution in [0.1, 0.15) is 13.8 Å². The summed E-state index contributed by atoms with van der Waals surface area (Å²) in [6.45, 7) is 3.80. The van der Waals surface area contributed by atoms with Crippen molar-refractivity contribution in [2.45, 2.75) is 20.0 Å². The quantitative estimate of drug-likeness (QED) is 0.734. The molecule has 2 atom stereocenters. The number of carbonyl (C=O) groups is 1. The fourth-order valence-electron chi connectivity index (χ4n) is 1.40. The standard InChI is InChI=1S/C8H10Cl2O3/c1-8(2)4(3-5(9)10)6(8)13-7(11)12/h3-4,6H,1-2H3,(H,11,12). The highest BCUT2D eigenvalue weighted by atomic mass is 35.5. The number of carboxylic acid groups (broad SMARTS) is 1. The Balaban J connectivity index is 2.61. The van der Waals surface area contributed by atoms with E-state index in [1.54, 1.807) is 6.08 Å². The van der Waals surface area contributed by atoms with Gasteiger partial charge in [-0.3, -0.25) is 0 Å². The maximum atomic E-state index is 10.3. The Kier molecular flexibility index (Phi) is 2.78. The van der Waals surface area contributed by atoms with Gasteiger partial charge in [0, 0.05) is 11.3 Å². The zero-order valence-electron chi connectivity index (χ0n) is 7.25. The van der Waals surface area contributed by atoms with Crippen molar-refractivity contribution in [1.82, 2.24) is 0 Å². The maximum Gasteiger partial charge on any atom is 0.506 e. The van der Waals surface area contributed by atoms with Crippen LogP contribution < -0.4 is 0 Å². The summed E-state index contributed by atoms with van der Waals surface area (Å²) in [5.74, 6) is -0.0198. The van der Waals surface area contributed by atoms with Crippen LogP contribution in [0, 0.1) is 11.3 Å². The molecule has 0 radical (unpaired) electrons. The largest absolute Gasteiger partial charge is 0.506 e. The minimum atomic E-state index is -1.26. The second-order valence-corrected chi connectivity index (χ2v) is 4.62. The van der Waals surface area contributed by atoms with Gasteiger partial charge in [-0.1, -0.05) is 37.0 Å². The number of ether oxygens (including phenoxy) is 1. The zero-order chi connectivity index (χ0) is 10.2. The van der Waals surface area contributed by atoms with Crippen molar-refractivity contribution in [3.05, 3.63) is 10.6 Å². The molecule has 3 nitrogen and oxygen atoms in total. The normalized spacial score (nSPS) is 29.2. The number of halogens is 2. The van der Waals surface area contributed by atoms with E-state index in [4.69, 9.17) is 28.3 Å². The van der Waals surface area contributed by atoms with Crippen molar-refractivity contribution < 1.29 is 14.6 Å². The van der Waals surface area contributed by atoms with Crippen molar-refractivity contribution in [3.8, 4) is 0 Å². The van der Waals surface area contributed by atoms with E-state index in [2.05, 4.69) is 4.74 Å². The first-order valence-electron chi connectivity index (χ1n) is 3.78. The summed E-state index contributed by atoms with van der Waals surface area (Å²) in [5, 5.41) is 8.40. The van der Waals surface area contributed by atoms with Crippen LogP contribution in [0.3, 0.4) is 0 Å². The van der Waals surface area contributed by atoms with Gasteiger partial charge >= 0.3 is 6.16 Å². The molecule has 1 saturated carbocycles. The molecule has 0 bridgehead atoms. The topological polar surface area (TPSA) is 46.5 Å². The van der Waals surface area contributed by atoms with E-state index in [9.17, 15) is 4.79 Å². The van der Waals surface area contributed by atoms with Crippen molar-refractivity contribution >= 4 is 29.4 Å². The number of rotatable bonds is 2. The van der Waals surface area contributed by atoms with E-state index in [0.29, 0.717) is 0 Å². The van der Waals surface area contributed by atoms with Gasteiger partial charge in [-0.25, -0.2) is 4.79 Å². The van der Waals surface area contributed by atoms with Gasteiger partial charge in [0.1, 0.15) is 10.6 Å². The lowest BCUT2D eigenvalue weighted by molar-refractivity contribution is 0.0732. The van der Waals surface area contributed by atoms with E-state index >= 15 is 0 Å². The van der Waals surface area contributed by atoms with Crippen LogP contribution in [0.15, 0.2) is 10.6 Å². The second-order valence-electron chi connectivity index (χ2n) is 3.61. The van der Waals surface area contributed by atoms with Gasteiger partial charge in [-0.05, 0) is 6.08 Å². The monoisotopic (exact) mass is 224 g/mol. The number of hydrogen-bond acceptors (Lipinski definition) is 2. The first-order chi connectivity index (χ1) is 5.85. The minimum absolute atomic E-state index is 0.0198. The van der Waals surface area contributed by atoms with Crippen LogP contribution in [0.25, 0.3) is 0 Å². The smallest absolute Gasteiger partial charge is 0.450 e. The van der Waals surface area contributed by atoms with Gasteiger partial charge < -0.3 is 9.84 Å². The molecule has 0 aromatic carbocycles. The highest BCUT2D eigenvalue weighted by molar-refractivity contribution is 6.55. The van der Waals surface area contributed by atoms with E-state index in [1.807, 2.05) is 13.8 Å². The molecule has 0 heterocycles. The molecule has 13 heavy (non-hydrogen) atoms. The summed E-state index contributed by atoms with van der Waals surface area (Å²) in [5.41, 5.74) is -0.201. The Hall–Kier alpha value is -0.410. The first-order valence-corrected chi connectivity index (χ1v) is 4.53. The van der Waals surface area contributed by atoms with E-state index < -0.39 is 6.16 Å². The van der Waals surface area contributed by atoms with Crippen LogP contribution >= 0.6 is 23.2 Å². The molecule has 2 unspecified atom stereocenters. The van der Waals surface area contributed by atoms with Crippen molar-refractivity contribution in [2.75, 3.05) is 0 Å². The highest BCUT2D eigenvalue weighted by Gasteiger charge is 2.60. The molecule has 0 aliphatic heterocycles. The predicted octanol–water partition coefficient (Wildman–Crippen LogP) is 3.02. The molecule has 0 spiro atoms. The minimum Gasteiger partial charge on any atom is -0.450 e. The van der Waals surface area contributed by atoms with E-state index in [0.717, 1.165) is 0 Å². The lowest BCUT2D eigenvalue weighted by Gasteiger charge is -1.99. The zero-order valence-corrected chi connectivity index (χ0v) is 8.76. The van der Waals surface area contributed by atoms with E-state index in [1.165, 1.54) is 0 Å². The van der Waals surface area contributed by atoms with Crippen molar-refractivity contribution in [1.29, 1.82) is 0 Å². The second kappa shape index (κ2) is 3.39. The van der Waals surface area contributed by atoms with Crippen molar-refractivity contribution in [2.24, 2.45) is 11.3 Å². The van der Waals surface area contributed by atoms with Crippen LogP contribution in [-0.2, 0) is 4.74 Å². The Morgan fingerprint density at radius 2 is 2.08 bits per heavy atom. The van der Waals surface area contributed by atoms with Crippen LogP contribution in [0.5, 0.6) is 0 Å². The SMILES string of the molecule is CC1(C)C(C=C(Cl)Cl)C1OC(=O)O. The third kappa shape index (κ3) is 2.29. The molecular formula is C8H10Cl2O3. The summed E-state index contributed by atoms with van der Waals surface area (Å²) < 4.78 is 4.79. The lowest BCUT2D eigenvalue weighted by Crippen LogP contribution is -2.07. The Bertz CT molecular complexity index is 256.